The van der Waals surface area contributed by atoms with Crippen LogP contribution in [0.1, 0.15) is 17.3 Å². The van der Waals surface area contributed by atoms with E-state index in [1.165, 1.54) is 6.20 Å². The Morgan fingerprint density at radius 3 is 3.00 bits per heavy atom. The fourth-order valence-corrected chi connectivity index (χ4v) is 1.71. The second kappa shape index (κ2) is 4.39. The molecule has 0 aromatic carbocycles. The van der Waals surface area contributed by atoms with Gasteiger partial charge in [-0.1, -0.05) is 18.5 Å². The molecule has 5 heteroatoms. The van der Waals surface area contributed by atoms with Crippen LogP contribution in [-0.4, -0.2) is 30.6 Å². The summed E-state index contributed by atoms with van der Waals surface area (Å²) in [6, 6.07) is 1.61. The number of nitrogens with one attached hydrogen (secondary N) is 1. The van der Waals surface area contributed by atoms with E-state index < -0.39 is 0 Å². The number of hydrogen-bond donors (Lipinski definition) is 1. The molecule has 16 heavy (non-hydrogen) atoms. The molecule has 2 heterocycles. The van der Waals surface area contributed by atoms with Gasteiger partial charge in [0.2, 0.25) is 0 Å². The summed E-state index contributed by atoms with van der Waals surface area (Å²) in [7, 11) is 0. The van der Waals surface area contributed by atoms with Crippen LogP contribution in [0, 0.1) is 5.41 Å². The maximum Gasteiger partial charge on any atom is 0.252 e. The normalized spacial score (nSPS) is 17.6. The quantitative estimate of drug-likeness (QED) is 0.871. The Hall–Kier alpha value is -1.13. The van der Waals surface area contributed by atoms with Gasteiger partial charge in [0.15, 0.2) is 0 Å². The Kier molecular flexibility index (Phi) is 3.12. The van der Waals surface area contributed by atoms with Gasteiger partial charge in [0.05, 0.1) is 23.8 Å². The van der Waals surface area contributed by atoms with Crippen molar-refractivity contribution in [3.8, 4) is 0 Å². The van der Waals surface area contributed by atoms with Crippen molar-refractivity contribution in [1.29, 1.82) is 0 Å². The Morgan fingerprint density at radius 1 is 1.69 bits per heavy atom. The predicted octanol–water partition coefficient (Wildman–Crippen LogP) is 1.50. The minimum atomic E-state index is -0.166. The summed E-state index contributed by atoms with van der Waals surface area (Å²) in [6.07, 6.45) is 3.01. The highest BCUT2D eigenvalue weighted by atomic mass is 35.5. The molecule has 1 aliphatic rings. The highest BCUT2D eigenvalue weighted by molar-refractivity contribution is 6.33. The summed E-state index contributed by atoms with van der Waals surface area (Å²) in [5.41, 5.74) is 0.523. The molecular formula is C11H13ClN2O2. The highest BCUT2D eigenvalue weighted by Gasteiger charge is 2.33. The molecule has 1 fully saturated rings. The monoisotopic (exact) mass is 240 g/mol. The third-order valence-corrected chi connectivity index (χ3v) is 2.90. The predicted molar refractivity (Wildman–Crippen MR) is 60.5 cm³/mol. The van der Waals surface area contributed by atoms with Crippen LogP contribution >= 0.6 is 11.6 Å². The molecule has 1 saturated heterocycles. The third kappa shape index (κ3) is 2.33. The molecule has 2 rings (SSSR count). The molecule has 4 nitrogen and oxygen atoms in total. The van der Waals surface area contributed by atoms with E-state index in [0.29, 0.717) is 30.3 Å². The zero-order valence-electron chi connectivity index (χ0n) is 9.00. The minimum absolute atomic E-state index is 0.0646. The van der Waals surface area contributed by atoms with Crippen LogP contribution in [-0.2, 0) is 4.74 Å². The van der Waals surface area contributed by atoms with Gasteiger partial charge in [-0.2, -0.15) is 0 Å². The molecule has 0 unspecified atom stereocenters. The number of carbonyl (C=O) groups is 1. The summed E-state index contributed by atoms with van der Waals surface area (Å²) < 4.78 is 5.11. The number of pyridine rings is 1. The van der Waals surface area contributed by atoms with Crippen molar-refractivity contribution in [2.75, 3.05) is 19.8 Å². The first-order valence-electron chi connectivity index (χ1n) is 5.06. The van der Waals surface area contributed by atoms with E-state index in [1.807, 2.05) is 0 Å². The molecule has 1 aromatic rings. The van der Waals surface area contributed by atoms with E-state index in [0.717, 1.165) is 0 Å². The number of amides is 1. The topological polar surface area (TPSA) is 51.2 Å². The zero-order chi connectivity index (χ0) is 11.6. The average Bonchev–Trinajstić information content (AvgIpc) is 2.24. The first-order chi connectivity index (χ1) is 7.61. The van der Waals surface area contributed by atoms with E-state index in [9.17, 15) is 4.79 Å². The van der Waals surface area contributed by atoms with Crippen molar-refractivity contribution in [2.45, 2.75) is 6.92 Å². The molecule has 1 N–H and O–H groups in total. The smallest absolute Gasteiger partial charge is 0.252 e. The maximum atomic E-state index is 11.8. The first-order valence-corrected chi connectivity index (χ1v) is 5.44. The Labute approximate surface area is 99.0 Å². The summed E-state index contributed by atoms with van der Waals surface area (Å²) in [5.74, 6) is -0.166. The minimum Gasteiger partial charge on any atom is -0.380 e. The number of aromatic nitrogens is 1. The molecule has 0 spiro atoms. The lowest BCUT2D eigenvalue weighted by Crippen LogP contribution is -2.48. The number of ether oxygens (including phenoxy) is 1. The van der Waals surface area contributed by atoms with Crippen molar-refractivity contribution >= 4 is 17.5 Å². The first kappa shape index (κ1) is 11.4. The van der Waals surface area contributed by atoms with Crippen LogP contribution in [0.2, 0.25) is 5.02 Å². The molecule has 1 aromatic heterocycles. The van der Waals surface area contributed by atoms with Gasteiger partial charge in [-0.05, 0) is 6.07 Å². The van der Waals surface area contributed by atoms with Crippen LogP contribution < -0.4 is 5.32 Å². The van der Waals surface area contributed by atoms with Crippen molar-refractivity contribution < 1.29 is 9.53 Å². The van der Waals surface area contributed by atoms with E-state index in [1.54, 1.807) is 12.3 Å². The lowest BCUT2D eigenvalue weighted by Gasteiger charge is -2.38. The van der Waals surface area contributed by atoms with Crippen molar-refractivity contribution in [3.63, 3.8) is 0 Å². The SMILES string of the molecule is CC1(CNC(=O)c2ccncc2Cl)COC1. The van der Waals surface area contributed by atoms with Crippen LogP contribution in [0.25, 0.3) is 0 Å². The molecule has 0 aliphatic carbocycles. The molecule has 86 valence electrons. The van der Waals surface area contributed by atoms with Gasteiger partial charge >= 0.3 is 0 Å². The van der Waals surface area contributed by atoms with Gasteiger partial charge in [0.25, 0.3) is 5.91 Å². The van der Waals surface area contributed by atoms with Gasteiger partial charge in [0, 0.05) is 24.4 Å². The summed E-state index contributed by atoms with van der Waals surface area (Å²) >= 11 is 5.87. The standard InChI is InChI=1S/C11H13ClN2O2/c1-11(6-16-7-11)5-14-10(15)8-2-3-13-4-9(8)12/h2-4H,5-7H2,1H3,(H,14,15). The zero-order valence-corrected chi connectivity index (χ0v) is 9.75. The molecule has 0 atom stereocenters. The maximum absolute atomic E-state index is 11.8. The molecule has 1 aliphatic heterocycles. The molecule has 1 amide bonds. The Morgan fingerprint density at radius 2 is 2.44 bits per heavy atom. The van der Waals surface area contributed by atoms with Gasteiger partial charge in [-0.3, -0.25) is 9.78 Å². The lowest BCUT2D eigenvalue weighted by atomic mass is 9.89. The number of halogens is 1. The summed E-state index contributed by atoms with van der Waals surface area (Å²) in [6.45, 7) is 4.06. The molecule has 0 saturated carbocycles. The number of nitrogens with zero attached hydrogens (tertiary/aromatic N) is 1. The van der Waals surface area contributed by atoms with Crippen LogP contribution in [0.4, 0.5) is 0 Å². The van der Waals surface area contributed by atoms with Crippen molar-refractivity contribution in [3.05, 3.63) is 29.0 Å². The molecule has 0 radical (unpaired) electrons. The fourth-order valence-electron chi connectivity index (χ4n) is 1.50. The second-order valence-electron chi connectivity index (χ2n) is 4.34. The largest absolute Gasteiger partial charge is 0.380 e. The second-order valence-corrected chi connectivity index (χ2v) is 4.75. The molecule has 0 bridgehead atoms. The van der Waals surface area contributed by atoms with Crippen molar-refractivity contribution in [1.82, 2.24) is 10.3 Å². The van der Waals surface area contributed by atoms with Crippen LogP contribution in [0.5, 0.6) is 0 Å². The third-order valence-electron chi connectivity index (χ3n) is 2.59. The Bertz CT molecular complexity index is 405. The Balaban J connectivity index is 1.96. The van der Waals surface area contributed by atoms with Crippen LogP contribution in [0.15, 0.2) is 18.5 Å². The van der Waals surface area contributed by atoms with E-state index in [-0.39, 0.29) is 11.3 Å². The van der Waals surface area contributed by atoms with Gasteiger partial charge in [-0.25, -0.2) is 0 Å². The molecular weight excluding hydrogens is 228 g/mol. The van der Waals surface area contributed by atoms with Crippen LogP contribution in [0.3, 0.4) is 0 Å². The number of carbonyl (C=O) groups excluding carboxylic acids is 1. The van der Waals surface area contributed by atoms with Gasteiger partial charge in [0.1, 0.15) is 0 Å². The number of rotatable bonds is 3. The van der Waals surface area contributed by atoms with E-state index in [4.69, 9.17) is 16.3 Å². The van der Waals surface area contributed by atoms with E-state index >= 15 is 0 Å². The fraction of sp³-hybridized carbons (Fsp3) is 0.455. The summed E-state index contributed by atoms with van der Waals surface area (Å²) in [4.78, 5) is 15.6. The average molecular weight is 241 g/mol. The van der Waals surface area contributed by atoms with Gasteiger partial charge < -0.3 is 10.1 Å². The van der Waals surface area contributed by atoms with Gasteiger partial charge in [-0.15, -0.1) is 0 Å². The van der Waals surface area contributed by atoms with Crippen molar-refractivity contribution in [2.24, 2.45) is 5.41 Å². The van der Waals surface area contributed by atoms with E-state index in [2.05, 4.69) is 17.2 Å². The summed E-state index contributed by atoms with van der Waals surface area (Å²) in [5, 5.41) is 3.22. The lowest BCUT2D eigenvalue weighted by molar-refractivity contribution is -0.0978. The number of hydrogen-bond acceptors (Lipinski definition) is 3. The highest BCUT2D eigenvalue weighted by Crippen LogP contribution is 2.25.